The average molecular weight is 335 g/mol. The number of halogens is 2. The van der Waals surface area contributed by atoms with Crippen molar-refractivity contribution in [2.45, 2.75) is 25.7 Å². The van der Waals surface area contributed by atoms with Gasteiger partial charge in [-0.2, -0.15) is 0 Å². The molecular formula is C18H20ClFN2O. The highest BCUT2D eigenvalue weighted by molar-refractivity contribution is 5.99. The standard InChI is InChI=1S/C18H19FN2O.ClH/c1-12(13-5-2-6-14(19)11-13)18(22)21-10-4-7-15-16(20)8-3-9-17(15)21;/h2-3,5-6,8-9,11-12H,4,7,10,20H2,1H3;1H. The molecule has 1 heterocycles. The van der Waals surface area contributed by atoms with Crippen molar-refractivity contribution < 1.29 is 9.18 Å². The molecule has 1 amide bonds. The molecule has 0 bridgehead atoms. The van der Waals surface area contributed by atoms with Crippen LogP contribution in [0.1, 0.15) is 30.4 Å². The molecule has 0 saturated heterocycles. The van der Waals surface area contributed by atoms with E-state index in [0.29, 0.717) is 12.1 Å². The first-order valence-corrected chi connectivity index (χ1v) is 7.52. The van der Waals surface area contributed by atoms with E-state index in [1.54, 1.807) is 17.0 Å². The first-order valence-electron chi connectivity index (χ1n) is 7.52. The lowest BCUT2D eigenvalue weighted by Crippen LogP contribution is -2.38. The number of benzene rings is 2. The van der Waals surface area contributed by atoms with E-state index in [1.165, 1.54) is 12.1 Å². The van der Waals surface area contributed by atoms with Gasteiger partial charge >= 0.3 is 0 Å². The predicted octanol–water partition coefficient (Wildman–Crippen LogP) is 3.91. The molecule has 122 valence electrons. The molecule has 2 aromatic rings. The normalized spacial score (nSPS) is 14.6. The summed E-state index contributed by atoms with van der Waals surface area (Å²) in [6.45, 7) is 2.49. The van der Waals surface area contributed by atoms with Crippen molar-refractivity contribution in [2.75, 3.05) is 17.2 Å². The highest BCUT2D eigenvalue weighted by Crippen LogP contribution is 2.33. The second kappa shape index (κ2) is 7.01. The van der Waals surface area contributed by atoms with E-state index < -0.39 is 0 Å². The molecule has 2 aromatic carbocycles. The Balaban J connectivity index is 0.00000192. The lowest BCUT2D eigenvalue weighted by atomic mass is 9.95. The number of nitrogens with two attached hydrogens (primary N) is 1. The Morgan fingerprint density at radius 2 is 2.00 bits per heavy atom. The maximum absolute atomic E-state index is 13.4. The predicted molar refractivity (Wildman–Crippen MR) is 93.6 cm³/mol. The first-order chi connectivity index (χ1) is 10.6. The van der Waals surface area contributed by atoms with Crippen LogP contribution in [-0.2, 0) is 11.2 Å². The summed E-state index contributed by atoms with van der Waals surface area (Å²) >= 11 is 0. The average Bonchev–Trinajstić information content (AvgIpc) is 2.53. The third-order valence-corrected chi connectivity index (χ3v) is 4.27. The number of hydrogen-bond donors (Lipinski definition) is 1. The summed E-state index contributed by atoms with van der Waals surface area (Å²) in [7, 11) is 0. The van der Waals surface area contributed by atoms with Crippen LogP contribution in [0.3, 0.4) is 0 Å². The zero-order valence-electron chi connectivity index (χ0n) is 13.0. The molecule has 0 spiro atoms. The molecule has 0 saturated carbocycles. The molecule has 3 nitrogen and oxygen atoms in total. The molecule has 5 heteroatoms. The summed E-state index contributed by atoms with van der Waals surface area (Å²) in [5.74, 6) is -0.722. The summed E-state index contributed by atoms with van der Waals surface area (Å²) in [5.41, 5.74) is 9.37. The summed E-state index contributed by atoms with van der Waals surface area (Å²) in [4.78, 5) is 14.6. The van der Waals surface area contributed by atoms with Crippen LogP contribution < -0.4 is 10.6 Å². The number of amides is 1. The molecule has 3 rings (SSSR count). The first kappa shape index (κ1) is 17.3. The summed E-state index contributed by atoms with van der Waals surface area (Å²) < 4.78 is 13.4. The number of nitrogen functional groups attached to an aromatic ring is 1. The molecule has 0 aromatic heterocycles. The number of rotatable bonds is 2. The minimum Gasteiger partial charge on any atom is -0.398 e. The lowest BCUT2D eigenvalue weighted by Gasteiger charge is -2.32. The van der Waals surface area contributed by atoms with Crippen molar-refractivity contribution in [1.82, 2.24) is 0 Å². The Morgan fingerprint density at radius 1 is 1.26 bits per heavy atom. The summed E-state index contributed by atoms with van der Waals surface area (Å²) in [6, 6.07) is 11.9. The molecule has 1 unspecified atom stereocenters. The van der Waals surface area contributed by atoms with Gasteiger partial charge in [-0.05, 0) is 55.2 Å². The molecule has 0 radical (unpaired) electrons. The van der Waals surface area contributed by atoms with Gasteiger partial charge in [-0.15, -0.1) is 12.4 Å². The van der Waals surface area contributed by atoms with E-state index in [2.05, 4.69) is 0 Å². The van der Waals surface area contributed by atoms with Gasteiger partial charge in [0, 0.05) is 17.9 Å². The van der Waals surface area contributed by atoms with E-state index >= 15 is 0 Å². The van der Waals surface area contributed by atoms with E-state index in [0.717, 1.165) is 29.8 Å². The number of fused-ring (bicyclic) bond motifs is 1. The van der Waals surface area contributed by atoms with Gasteiger partial charge in [0.1, 0.15) is 5.82 Å². The summed E-state index contributed by atoms with van der Waals surface area (Å²) in [5, 5.41) is 0. The third-order valence-electron chi connectivity index (χ3n) is 4.27. The molecule has 0 aliphatic carbocycles. The summed E-state index contributed by atoms with van der Waals surface area (Å²) in [6.07, 6.45) is 1.78. The van der Waals surface area contributed by atoms with Crippen molar-refractivity contribution in [3.63, 3.8) is 0 Å². The van der Waals surface area contributed by atoms with Crippen LogP contribution in [0.4, 0.5) is 15.8 Å². The molecule has 2 N–H and O–H groups in total. The smallest absolute Gasteiger partial charge is 0.234 e. The van der Waals surface area contributed by atoms with E-state index in [4.69, 9.17) is 5.73 Å². The molecule has 0 fully saturated rings. The van der Waals surface area contributed by atoms with Crippen molar-refractivity contribution in [3.8, 4) is 0 Å². The van der Waals surface area contributed by atoms with Gasteiger partial charge in [-0.1, -0.05) is 18.2 Å². The molecule has 1 atom stereocenters. The molecule has 23 heavy (non-hydrogen) atoms. The maximum Gasteiger partial charge on any atom is 0.234 e. The van der Waals surface area contributed by atoms with Crippen LogP contribution in [0, 0.1) is 5.82 Å². The fourth-order valence-electron chi connectivity index (χ4n) is 3.03. The second-order valence-corrected chi connectivity index (χ2v) is 5.72. The number of carbonyl (C=O) groups is 1. The Kier molecular flexibility index (Phi) is 5.26. The van der Waals surface area contributed by atoms with Gasteiger partial charge in [0.2, 0.25) is 5.91 Å². The van der Waals surface area contributed by atoms with E-state index in [1.807, 2.05) is 25.1 Å². The van der Waals surface area contributed by atoms with Crippen LogP contribution in [0.15, 0.2) is 42.5 Å². The number of hydrogen-bond acceptors (Lipinski definition) is 2. The molecule has 1 aliphatic heterocycles. The van der Waals surface area contributed by atoms with Gasteiger partial charge in [0.25, 0.3) is 0 Å². The van der Waals surface area contributed by atoms with Crippen molar-refractivity contribution in [3.05, 3.63) is 59.4 Å². The van der Waals surface area contributed by atoms with E-state index in [9.17, 15) is 9.18 Å². The fourth-order valence-corrected chi connectivity index (χ4v) is 3.03. The number of anilines is 2. The van der Waals surface area contributed by atoms with Gasteiger partial charge in [-0.3, -0.25) is 4.79 Å². The quantitative estimate of drug-likeness (QED) is 0.846. The monoisotopic (exact) mass is 334 g/mol. The third kappa shape index (κ3) is 3.32. The SMILES string of the molecule is CC(C(=O)N1CCCc2c(N)cccc21)c1cccc(F)c1.Cl. The molecule has 1 aliphatic rings. The Labute approximate surface area is 141 Å². The largest absolute Gasteiger partial charge is 0.398 e. The number of nitrogens with zero attached hydrogens (tertiary/aromatic N) is 1. The van der Waals surface area contributed by atoms with Crippen LogP contribution in [0.2, 0.25) is 0 Å². The number of carbonyl (C=O) groups excluding carboxylic acids is 1. The van der Waals surface area contributed by atoms with Gasteiger partial charge in [0.05, 0.1) is 5.92 Å². The zero-order valence-corrected chi connectivity index (χ0v) is 13.8. The van der Waals surface area contributed by atoms with Gasteiger partial charge in [0.15, 0.2) is 0 Å². The minimum atomic E-state index is -0.386. The topological polar surface area (TPSA) is 46.3 Å². The van der Waals surface area contributed by atoms with E-state index in [-0.39, 0.29) is 30.0 Å². The van der Waals surface area contributed by atoms with Crippen LogP contribution in [-0.4, -0.2) is 12.5 Å². The highest BCUT2D eigenvalue weighted by Gasteiger charge is 2.28. The van der Waals surface area contributed by atoms with Crippen molar-refractivity contribution in [2.24, 2.45) is 0 Å². The van der Waals surface area contributed by atoms with Crippen LogP contribution in [0.5, 0.6) is 0 Å². The fraction of sp³-hybridized carbons (Fsp3) is 0.278. The Morgan fingerprint density at radius 3 is 2.74 bits per heavy atom. The van der Waals surface area contributed by atoms with Crippen LogP contribution >= 0.6 is 12.4 Å². The highest BCUT2D eigenvalue weighted by atomic mass is 35.5. The lowest BCUT2D eigenvalue weighted by molar-refractivity contribution is -0.119. The molecular weight excluding hydrogens is 315 g/mol. The zero-order chi connectivity index (χ0) is 15.7. The van der Waals surface area contributed by atoms with Crippen molar-refractivity contribution >= 4 is 29.7 Å². The van der Waals surface area contributed by atoms with Crippen LogP contribution in [0.25, 0.3) is 0 Å². The Bertz CT molecular complexity index is 720. The van der Waals surface area contributed by atoms with Gasteiger partial charge in [-0.25, -0.2) is 4.39 Å². The van der Waals surface area contributed by atoms with Gasteiger partial charge < -0.3 is 10.6 Å². The second-order valence-electron chi connectivity index (χ2n) is 5.72. The van der Waals surface area contributed by atoms with Crippen molar-refractivity contribution in [1.29, 1.82) is 0 Å². The maximum atomic E-state index is 13.4. The Hall–Kier alpha value is -2.07. The minimum absolute atomic E-state index is 0.